The van der Waals surface area contributed by atoms with Crippen LogP contribution in [0.25, 0.3) is 0 Å². The average Bonchev–Trinajstić information content (AvgIpc) is 2.91. The van der Waals surface area contributed by atoms with Gasteiger partial charge in [-0.25, -0.2) is 0 Å². The summed E-state index contributed by atoms with van der Waals surface area (Å²) in [5.74, 6) is -0.591. The standard InChI is InChI=1S/C18H29NO5/c1-10(2)22-14-9-13(19-15(20)7-8-16(19)21)17(23-11(3)4)18(14)24-12(5)6/h7-8,10-14,17-18H,9H2,1-6H3/t13-,14?,17-,18-/m0/s1. The van der Waals surface area contributed by atoms with E-state index in [2.05, 4.69) is 0 Å². The van der Waals surface area contributed by atoms with Gasteiger partial charge in [-0.2, -0.15) is 0 Å². The SMILES string of the molecule is CC(C)OC1C[C@H](N2C(=O)C=CC2=O)[C@H](OC(C)C)[C@H]1OC(C)C. The molecule has 2 amide bonds. The molecule has 2 rings (SSSR count). The number of carbonyl (C=O) groups is 2. The highest BCUT2D eigenvalue weighted by Crippen LogP contribution is 2.35. The molecule has 0 aromatic rings. The molecule has 2 aliphatic rings. The van der Waals surface area contributed by atoms with Crippen molar-refractivity contribution >= 4 is 11.8 Å². The van der Waals surface area contributed by atoms with Crippen LogP contribution in [0.5, 0.6) is 0 Å². The van der Waals surface area contributed by atoms with Gasteiger partial charge in [0.1, 0.15) is 12.2 Å². The maximum Gasteiger partial charge on any atom is 0.253 e. The van der Waals surface area contributed by atoms with Crippen LogP contribution in [-0.2, 0) is 23.8 Å². The van der Waals surface area contributed by atoms with Crippen molar-refractivity contribution in [1.29, 1.82) is 0 Å². The first-order valence-corrected chi connectivity index (χ1v) is 8.72. The summed E-state index contributed by atoms with van der Waals surface area (Å²) in [7, 11) is 0. The number of imide groups is 1. The zero-order valence-electron chi connectivity index (χ0n) is 15.4. The lowest BCUT2D eigenvalue weighted by Gasteiger charge is -2.32. The zero-order chi connectivity index (χ0) is 18.0. The van der Waals surface area contributed by atoms with Crippen molar-refractivity contribution in [3.8, 4) is 0 Å². The third-order valence-corrected chi connectivity index (χ3v) is 4.02. The Morgan fingerprint density at radius 1 is 0.833 bits per heavy atom. The summed E-state index contributed by atoms with van der Waals surface area (Å²) in [5, 5.41) is 0. The topological polar surface area (TPSA) is 65.1 Å². The van der Waals surface area contributed by atoms with E-state index in [1.807, 2.05) is 41.5 Å². The smallest absolute Gasteiger partial charge is 0.253 e. The first-order valence-electron chi connectivity index (χ1n) is 8.72. The van der Waals surface area contributed by atoms with Crippen molar-refractivity contribution in [3.63, 3.8) is 0 Å². The van der Waals surface area contributed by atoms with Gasteiger partial charge >= 0.3 is 0 Å². The van der Waals surface area contributed by atoms with E-state index in [4.69, 9.17) is 14.2 Å². The minimum absolute atomic E-state index is 0.00613. The highest BCUT2D eigenvalue weighted by molar-refractivity contribution is 6.13. The van der Waals surface area contributed by atoms with E-state index in [1.165, 1.54) is 17.1 Å². The summed E-state index contributed by atoms with van der Waals surface area (Å²) in [6, 6.07) is -0.380. The van der Waals surface area contributed by atoms with E-state index >= 15 is 0 Å². The van der Waals surface area contributed by atoms with Crippen LogP contribution in [0.1, 0.15) is 48.0 Å². The normalized spacial score (nSPS) is 30.6. The van der Waals surface area contributed by atoms with Crippen molar-refractivity contribution in [3.05, 3.63) is 12.2 Å². The van der Waals surface area contributed by atoms with E-state index in [9.17, 15) is 9.59 Å². The summed E-state index contributed by atoms with van der Waals surface area (Å²) in [5.41, 5.74) is 0. The quantitative estimate of drug-likeness (QED) is 0.664. The molecule has 4 atom stereocenters. The number of ether oxygens (including phenoxy) is 3. The highest BCUT2D eigenvalue weighted by Gasteiger charge is 2.51. The molecule has 24 heavy (non-hydrogen) atoms. The minimum atomic E-state index is -0.399. The van der Waals surface area contributed by atoms with E-state index in [0.717, 1.165) is 0 Å². The Morgan fingerprint density at radius 2 is 1.29 bits per heavy atom. The molecule has 1 aliphatic carbocycles. The monoisotopic (exact) mass is 339 g/mol. The predicted molar refractivity (Wildman–Crippen MR) is 89.4 cm³/mol. The van der Waals surface area contributed by atoms with Crippen molar-refractivity contribution in [2.24, 2.45) is 0 Å². The van der Waals surface area contributed by atoms with Gasteiger partial charge in [0, 0.05) is 12.2 Å². The molecular formula is C18H29NO5. The van der Waals surface area contributed by atoms with Gasteiger partial charge in [-0.05, 0) is 48.0 Å². The molecule has 1 unspecified atom stereocenters. The van der Waals surface area contributed by atoms with Gasteiger partial charge in [0.15, 0.2) is 0 Å². The molecule has 0 spiro atoms. The van der Waals surface area contributed by atoms with Gasteiger partial charge in [-0.3, -0.25) is 14.5 Å². The Labute approximate surface area is 144 Å². The first kappa shape index (κ1) is 19.1. The number of amides is 2. The molecule has 6 nitrogen and oxygen atoms in total. The molecule has 0 saturated heterocycles. The summed E-state index contributed by atoms with van der Waals surface area (Å²) < 4.78 is 18.2. The summed E-state index contributed by atoms with van der Waals surface area (Å²) in [6.45, 7) is 11.7. The van der Waals surface area contributed by atoms with Crippen LogP contribution in [0, 0.1) is 0 Å². The Bertz CT molecular complexity index is 482. The summed E-state index contributed by atoms with van der Waals surface area (Å²) >= 11 is 0. The molecule has 0 bridgehead atoms. The second-order valence-corrected chi connectivity index (χ2v) is 7.21. The molecule has 1 heterocycles. The van der Waals surface area contributed by atoms with Gasteiger partial charge < -0.3 is 14.2 Å². The van der Waals surface area contributed by atoms with E-state index in [-0.39, 0.29) is 48.4 Å². The maximum atomic E-state index is 12.1. The van der Waals surface area contributed by atoms with Gasteiger partial charge in [-0.15, -0.1) is 0 Å². The molecule has 6 heteroatoms. The summed E-state index contributed by atoms with van der Waals surface area (Å²) in [4.78, 5) is 25.6. The fourth-order valence-electron chi connectivity index (χ4n) is 3.37. The Morgan fingerprint density at radius 3 is 1.75 bits per heavy atom. The lowest BCUT2D eigenvalue weighted by molar-refractivity contribution is -0.158. The molecule has 0 aromatic carbocycles. The molecular weight excluding hydrogens is 310 g/mol. The van der Waals surface area contributed by atoms with Crippen LogP contribution in [0.15, 0.2) is 12.2 Å². The third-order valence-electron chi connectivity index (χ3n) is 4.02. The number of carbonyl (C=O) groups excluding carboxylic acids is 2. The minimum Gasteiger partial charge on any atom is -0.373 e. The van der Waals surface area contributed by atoms with E-state index in [1.54, 1.807) is 0 Å². The van der Waals surface area contributed by atoms with Crippen LogP contribution < -0.4 is 0 Å². The predicted octanol–water partition coefficient (Wildman–Crippen LogP) is 2.06. The van der Waals surface area contributed by atoms with Gasteiger partial charge in [0.05, 0.1) is 30.5 Å². The fourth-order valence-corrected chi connectivity index (χ4v) is 3.37. The Hall–Kier alpha value is -1.24. The van der Waals surface area contributed by atoms with E-state index < -0.39 is 6.10 Å². The Kier molecular flexibility index (Phi) is 6.17. The van der Waals surface area contributed by atoms with Crippen LogP contribution in [0.4, 0.5) is 0 Å². The number of hydrogen-bond donors (Lipinski definition) is 0. The maximum absolute atomic E-state index is 12.1. The fraction of sp³-hybridized carbons (Fsp3) is 0.778. The van der Waals surface area contributed by atoms with Crippen molar-refractivity contribution in [1.82, 2.24) is 4.90 Å². The van der Waals surface area contributed by atoms with Crippen LogP contribution in [0.3, 0.4) is 0 Å². The summed E-state index contributed by atoms with van der Waals surface area (Å²) in [6.07, 6.45) is 2.17. The second-order valence-electron chi connectivity index (χ2n) is 7.21. The first-order chi connectivity index (χ1) is 11.2. The lowest BCUT2D eigenvalue weighted by Crippen LogP contribution is -2.49. The molecule has 1 fully saturated rings. The number of nitrogens with zero attached hydrogens (tertiary/aromatic N) is 1. The van der Waals surface area contributed by atoms with Crippen molar-refractivity contribution in [2.75, 3.05) is 0 Å². The third kappa shape index (κ3) is 4.23. The van der Waals surface area contributed by atoms with Gasteiger partial charge in [0.2, 0.25) is 0 Å². The van der Waals surface area contributed by atoms with E-state index in [0.29, 0.717) is 6.42 Å². The van der Waals surface area contributed by atoms with Gasteiger partial charge in [-0.1, -0.05) is 0 Å². The van der Waals surface area contributed by atoms with Crippen molar-refractivity contribution in [2.45, 2.75) is 90.6 Å². The number of hydrogen-bond acceptors (Lipinski definition) is 5. The van der Waals surface area contributed by atoms with Crippen LogP contribution in [-0.4, -0.2) is 59.4 Å². The Balaban J connectivity index is 2.30. The van der Waals surface area contributed by atoms with Crippen molar-refractivity contribution < 1.29 is 23.8 Å². The zero-order valence-corrected chi connectivity index (χ0v) is 15.4. The average molecular weight is 339 g/mol. The number of rotatable bonds is 7. The molecule has 0 aromatic heterocycles. The van der Waals surface area contributed by atoms with Crippen LogP contribution in [0.2, 0.25) is 0 Å². The second kappa shape index (κ2) is 7.76. The molecule has 0 N–H and O–H groups in total. The molecule has 136 valence electrons. The molecule has 0 radical (unpaired) electrons. The molecule has 1 saturated carbocycles. The largest absolute Gasteiger partial charge is 0.373 e. The lowest BCUT2D eigenvalue weighted by atomic mass is 10.1. The molecule has 1 aliphatic heterocycles. The van der Waals surface area contributed by atoms with Gasteiger partial charge in [0.25, 0.3) is 11.8 Å². The highest BCUT2D eigenvalue weighted by atomic mass is 16.6. The van der Waals surface area contributed by atoms with Crippen LogP contribution >= 0.6 is 0 Å².